The molecule has 1 heterocycles. The van der Waals surface area contributed by atoms with Crippen LogP contribution < -0.4 is 14.8 Å². The number of nitrogens with one attached hydrogen (secondary N) is 1. The molecule has 2 aromatic carbocycles. The maximum Gasteiger partial charge on any atom is 0.338 e. The number of aryl methyl sites for hydroxylation is 2. The van der Waals surface area contributed by atoms with Crippen molar-refractivity contribution in [1.82, 2.24) is 10.2 Å². The van der Waals surface area contributed by atoms with Crippen molar-refractivity contribution in [3.8, 4) is 11.5 Å². The Morgan fingerprint density at radius 3 is 2.55 bits per heavy atom. The number of hydrogen-bond acceptors (Lipinski definition) is 5. The van der Waals surface area contributed by atoms with Gasteiger partial charge < -0.3 is 19.5 Å². The molecule has 0 saturated carbocycles. The lowest BCUT2D eigenvalue weighted by atomic mass is 9.94. The average molecular weight is 453 g/mol. The lowest BCUT2D eigenvalue weighted by Crippen LogP contribution is -2.49. The summed E-state index contributed by atoms with van der Waals surface area (Å²) < 4.78 is 16.9. The first-order valence-electron chi connectivity index (χ1n) is 11.1. The van der Waals surface area contributed by atoms with Gasteiger partial charge in [0.15, 0.2) is 0 Å². The highest BCUT2D eigenvalue weighted by atomic mass is 16.5. The largest absolute Gasteiger partial charge is 0.497 e. The highest BCUT2D eigenvalue weighted by Gasteiger charge is 2.38. The van der Waals surface area contributed by atoms with E-state index in [1.54, 1.807) is 20.1 Å². The molecule has 7 heteroatoms. The number of esters is 1. The predicted octanol–water partition coefficient (Wildman–Crippen LogP) is 4.60. The Hall–Kier alpha value is -3.48. The van der Waals surface area contributed by atoms with Gasteiger partial charge in [-0.25, -0.2) is 9.59 Å². The van der Waals surface area contributed by atoms with Crippen molar-refractivity contribution in [2.45, 2.75) is 40.7 Å². The number of amides is 2. The lowest BCUT2D eigenvalue weighted by molar-refractivity contribution is -0.139. The molecular weight excluding hydrogens is 420 g/mol. The van der Waals surface area contributed by atoms with Crippen molar-refractivity contribution in [1.29, 1.82) is 0 Å². The number of likely N-dealkylation sites (N-methyl/N-ethyl adjacent to an activating group) is 1. The van der Waals surface area contributed by atoms with Crippen molar-refractivity contribution in [2.75, 3.05) is 26.9 Å². The maximum absolute atomic E-state index is 13.2. The molecule has 1 N–H and O–H groups in total. The summed E-state index contributed by atoms with van der Waals surface area (Å²) in [4.78, 5) is 27.7. The average Bonchev–Trinajstić information content (AvgIpc) is 2.80. The second-order valence-electron chi connectivity index (χ2n) is 7.98. The molecular formula is C26H32N2O5. The molecule has 3 rings (SSSR count). The second kappa shape index (κ2) is 10.4. The molecule has 176 valence electrons. The normalized spacial score (nSPS) is 15.9. The second-order valence-corrected chi connectivity index (χ2v) is 7.98. The number of rotatable bonds is 8. The first-order chi connectivity index (χ1) is 15.8. The molecule has 0 radical (unpaired) electrons. The first kappa shape index (κ1) is 24.2. The van der Waals surface area contributed by atoms with Gasteiger partial charge in [0.1, 0.15) is 18.1 Å². The summed E-state index contributed by atoms with van der Waals surface area (Å²) in [6.07, 6.45) is 0. The summed E-state index contributed by atoms with van der Waals surface area (Å²) in [6.45, 7) is 10.3. The van der Waals surface area contributed by atoms with E-state index in [1.807, 2.05) is 52.0 Å². The molecule has 0 aliphatic carbocycles. The fourth-order valence-electron chi connectivity index (χ4n) is 4.01. The summed E-state index contributed by atoms with van der Waals surface area (Å²) in [6, 6.07) is 10.4. The third-order valence-electron chi connectivity index (χ3n) is 5.81. The van der Waals surface area contributed by atoms with E-state index in [4.69, 9.17) is 14.2 Å². The lowest BCUT2D eigenvalue weighted by Gasteiger charge is -2.36. The number of carbonyl (C=O) groups excluding carboxylic acids is 2. The molecule has 1 unspecified atom stereocenters. The van der Waals surface area contributed by atoms with Crippen molar-refractivity contribution >= 4 is 12.0 Å². The zero-order valence-electron chi connectivity index (χ0n) is 20.2. The SMILES string of the molecule is CCOC(=O)C1=C(COc2cc(C)cc(C)c2C)N(CC)C(=O)NC1c1cccc(OC)c1. The molecule has 2 amide bonds. The molecule has 0 aromatic heterocycles. The highest BCUT2D eigenvalue weighted by molar-refractivity contribution is 5.95. The van der Waals surface area contributed by atoms with Gasteiger partial charge in [-0.05, 0) is 75.1 Å². The van der Waals surface area contributed by atoms with Gasteiger partial charge >= 0.3 is 12.0 Å². The van der Waals surface area contributed by atoms with Gasteiger partial charge in [-0.15, -0.1) is 0 Å². The molecule has 2 aromatic rings. The van der Waals surface area contributed by atoms with Crippen LogP contribution >= 0.6 is 0 Å². The molecule has 7 nitrogen and oxygen atoms in total. The minimum atomic E-state index is -0.687. The number of carbonyl (C=O) groups is 2. The van der Waals surface area contributed by atoms with Crippen molar-refractivity contribution in [3.05, 3.63) is 69.9 Å². The standard InChI is InChI=1S/C26H32N2O5/c1-7-28-21(15-33-22-13-16(3)12-17(4)18(22)5)23(25(29)32-8-2)24(27-26(28)30)19-10-9-11-20(14-19)31-6/h9-14,24H,7-8,15H2,1-6H3,(H,27,30). The van der Waals surface area contributed by atoms with Gasteiger partial charge in [0, 0.05) is 6.54 Å². The van der Waals surface area contributed by atoms with Crippen LogP contribution in [0.5, 0.6) is 11.5 Å². The van der Waals surface area contributed by atoms with Gasteiger partial charge in [-0.1, -0.05) is 18.2 Å². The zero-order chi connectivity index (χ0) is 24.1. The zero-order valence-corrected chi connectivity index (χ0v) is 20.2. The van der Waals surface area contributed by atoms with Crippen molar-refractivity contribution in [3.63, 3.8) is 0 Å². The Balaban J connectivity index is 2.11. The Bertz CT molecular complexity index is 1080. The van der Waals surface area contributed by atoms with Crippen LogP contribution in [0.2, 0.25) is 0 Å². The van der Waals surface area contributed by atoms with Crippen LogP contribution in [0.1, 0.15) is 42.1 Å². The molecule has 0 spiro atoms. The fourth-order valence-corrected chi connectivity index (χ4v) is 4.01. The minimum Gasteiger partial charge on any atom is -0.497 e. The summed E-state index contributed by atoms with van der Waals surface area (Å²) >= 11 is 0. The van der Waals surface area contributed by atoms with Crippen LogP contribution in [0.4, 0.5) is 4.79 Å². The summed E-state index contributed by atoms with van der Waals surface area (Å²) in [5.74, 6) is 0.870. The molecule has 0 saturated heterocycles. The number of ether oxygens (including phenoxy) is 3. The molecule has 1 aliphatic heterocycles. The predicted molar refractivity (Wildman–Crippen MR) is 126 cm³/mol. The van der Waals surface area contributed by atoms with E-state index < -0.39 is 12.0 Å². The Labute approximate surface area is 195 Å². The number of methoxy groups -OCH3 is 1. The van der Waals surface area contributed by atoms with E-state index in [9.17, 15) is 9.59 Å². The number of nitrogens with zero attached hydrogens (tertiary/aromatic N) is 1. The third-order valence-corrected chi connectivity index (χ3v) is 5.81. The van der Waals surface area contributed by atoms with Crippen LogP contribution in [0.25, 0.3) is 0 Å². The van der Waals surface area contributed by atoms with Crippen LogP contribution in [0.3, 0.4) is 0 Å². The smallest absolute Gasteiger partial charge is 0.338 e. The fraction of sp³-hybridized carbons (Fsp3) is 0.385. The monoisotopic (exact) mass is 452 g/mol. The van der Waals surface area contributed by atoms with E-state index in [0.717, 1.165) is 28.0 Å². The van der Waals surface area contributed by atoms with Crippen LogP contribution in [0, 0.1) is 20.8 Å². The topological polar surface area (TPSA) is 77.1 Å². The van der Waals surface area contributed by atoms with Gasteiger partial charge in [0.2, 0.25) is 0 Å². The Morgan fingerprint density at radius 1 is 1.12 bits per heavy atom. The molecule has 0 fully saturated rings. The van der Waals surface area contributed by atoms with E-state index in [0.29, 0.717) is 23.6 Å². The van der Waals surface area contributed by atoms with Crippen molar-refractivity contribution < 1.29 is 23.8 Å². The van der Waals surface area contributed by atoms with Crippen LogP contribution in [-0.4, -0.2) is 43.8 Å². The Morgan fingerprint density at radius 2 is 1.88 bits per heavy atom. The van der Waals surface area contributed by atoms with Crippen molar-refractivity contribution in [2.24, 2.45) is 0 Å². The Kier molecular flexibility index (Phi) is 7.63. The van der Waals surface area contributed by atoms with E-state index >= 15 is 0 Å². The quantitative estimate of drug-likeness (QED) is 0.592. The minimum absolute atomic E-state index is 0.0552. The molecule has 1 atom stereocenters. The van der Waals surface area contributed by atoms with Gasteiger partial charge in [-0.2, -0.15) is 0 Å². The molecule has 0 bridgehead atoms. The summed E-state index contributed by atoms with van der Waals surface area (Å²) in [7, 11) is 1.57. The van der Waals surface area contributed by atoms with Crippen LogP contribution in [-0.2, 0) is 9.53 Å². The maximum atomic E-state index is 13.2. The number of urea groups is 1. The molecule has 33 heavy (non-hydrogen) atoms. The van der Waals surface area contributed by atoms with Gasteiger partial charge in [-0.3, -0.25) is 4.90 Å². The van der Waals surface area contributed by atoms with E-state index in [-0.39, 0.29) is 19.2 Å². The van der Waals surface area contributed by atoms with E-state index in [2.05, 4.69) is 11.4 Å². The summed E-state index contributed by atoms with van der Waals surface area (Å²) in [5.41, 5.74) is 4.79. The van der Waals surface area contributed by atoms with Crippen LogP contribution in [0.15, 0.2) is 47.7 Å². The summed E-state index contributed by atoms with van der Waals surface area (Å²) in [5, 5.41) is 2.95. The number of hydrogen-bond donors (Lipinski definition) is 1. The number of benzene rings is 2. The highest BCUT2D eigenvalue weighted by Crippen LogP contribution is 2.34. The third kappa shape index (κ3) is 5.13. The first-order valence-corrected chi connectivity index (χ1v) is 11.1. The van der Waals surface area contributed by atoms with E-state index in [1.165, 1.54) is 4.90 Å². The molecule has 1 aliphatic rings. The van der Waals surface area contributed by atoms with Gasteiger partial charge in [0.25, 0.3) is 0 Å². The van der Waals surface area contributed by atoms with Gasteiger partial charge in [0.05, 0.1) is 31.0 Å².